The van der Waals surface area contributed by atoms with Gasteiger partial charge in [0.05, 0.1) is 11.6 Å². The van der Waals surface area contributed by atoms with Gasteiger partial charge in [0.15, 0.2) is 0 Å². The molecule has 0 aliphatic rings. The number of nitrogens with zero attached hydrogens (tertiary/aromatic N) is 2. The van der Waals surface area contributed by atoms with Gasteiger partial charge in [-0.15, -0.1) is 0 Å². The quantitative estimate of drug-likeness (QED) is 0.812. The summed E-state index contributed by atoms with van der Waals surface area (Å²) < 4.78 is 1.59. The van der Waals surface area contributed by atoms with E-state index in [0.717, 1.165) is 43.0 Å². The van der Waals surface area contributed by atoms with Crippen molar-refractivity contribution in [3.63, 3.8) is 0 Å². The lowest BCUT2D eigenvalue weighted by molar-refractivity contribution is 0.427. The zero-order valence-electron chi connectivity index (χ0n) is 13.0. The highest BCUT2D eigenvalue weighted by Crippen LogP contribution is 2.07. The summed E-state index contributed by atoms with van der Waals surface area (Å²) in [6.07, 6.45) is 6.11. The number of hydrogen-bond donors (Lipinski definition) is 1. The predicted octanol–water partition coefficient (Wildman–Crippen LogP) is 2.95. The van der Waals surface area contributed by atoms with Crippen molar-refractivity contribution in [1.82, 2.24) is 15.1 Å². The fourth-order valence-corrected chi connectivity index (χ4v) is 2.57. The Hall–Kier alpha value is -1.68. The molecule has 2 aromatic rings. The molecule has 0 saturated carbocycles. The number of fused-ring (bicyclic) bond motifs is 1. The molecule has 0 saturated heterocycles. The molecule has 21 heavy (non-hydrogen) atoms. The molecule has 4 nitrogen and oxygen atoms in total. The minimum absolute atomic E-state index is 0.0164. The maximum absolute atomic E-state index is 12.3. The highest BCUT2D eigenvalue weighted by atomic mass is 16.1. The van der Waals surface area contributed by atoms with Crippen LogP contribution in [-0.4, -0.2) is 22.4 Å². The first-order valence-corrected chi connectivity index (χ1v) is 7.94. The van der Waals surface area contributed by atoms with E-state index in [1.807, 2.05) is 24.3 Å². The maximum atomic E-state index is 12.3. The second kappa shape index (κ2) is 7.93. The van der Waals surface area contributed by atoms with Gasteiger partial charge in [-0.1, -0.05) is 32.0 Å². The molecule has 1 heterocycles. The molecule has 0 aliphatic heterocycles. The first kappa shape index (κ1) is 15.7. The van der Waals surface area contributed by atoms with Crippen LogP contribution in [0.1, 0.15) is 39.5 Å². The smallest absolute Gasteiger partial charge is 0.274 e. The molecule has 0 fully saturated rings. The first-order chi connectivity index (χ1) is 10.3. The standard InChI is InChI=1S/C17H25N3O/c1-3-11-18-15(4-2)9-7-12-20-17(21)16-10-6-5-8-14(16)13-19-20/h5-6,8,10,13,15,18H,3-4,7,9,11-12H2,1-2H3. The normalized spacial score (nSPS) is 12.7. The fourth-order valence-electron chi connectivity index (χ4n) is 2.57. The second-order valence-electron chi connectivity index (χ2n) is 5.46. The van der Waals surface area contributed by atoms with Gasteiger partial charge in [-0.2, -0.15) is 5.10 Å². The third-order valence-electron chi connectivity index (χ3n) is 3.86. The highest BCUT2D eigenvalue weighted by Gasteiger charge is 2.07. The Labute approximate surface area is 126 Å². The Morgan fingerprint density at radius 2 is 2.10 bits per heavy atom. The number of aryl methyl sites for hydroxylation is 1. The largest absolute Gasteiger partial charge is 0.314 e. The van der Waals surface area contributed by atoms with Gasteiger partial charge in [0.25, 0.3) is 5.56 Å². The van der Waals surface area contributed by atoms with E-state index in [4.69, 9.17) is 0 Å². The topological polar surface area (TPSA) is 46.9 Å². The van der Waals surface area contributed by atoms with Crippen molar-refractivity contribution in [2.24, 2.45) is 0 Å². The average Bonchev–Trinajstić information content (AvgIpc) is 2.53. The third kappa shape index (κ3) is 4.14. The number of rotatable bonds is 8. The van der Waals surface area contributed by atoms with Gasteiger partial charge in [-0.05, 0) is 38.3 Å². The summed E-state index contributed by atoms with van der Waals surface area (Å²) in [5, 5.41) is 9.48. The Balaban J connectivity index is 1.97. The van der Waals surface area contributed by atoms with E-state index in [2.05, 4.69) is 24.3 Å². The second-order valence-corrected chi connectivity index (χ2v) is 5.46. The van der Waals surface area contributed by atoms with Crippen LogP contribution in [0, 0.1) is 0 Å². The summed E-state index contributed by atoms with van der Waals surface area (Å²) in [4.78, 5) is 12.3. The van der Waals surface area contributed by atoms with E-state index in [1.54, 1.807) is 10.9 Å². The van der Waals surface area contributed by atoms with Gasteiger partial charge >= 0.3 is 0 Å². The van der Waals surface area contributed by atoms with E-state index in [0.29, 0.717) is 12.6 Å². The van der Waals surface area contributed by atoms with E-state index >= 15 is 0 Å². The molecular formula is C17H25N3O. The van der Waals surface area contributed by atoms with Gasteiger partial charge < -0.3 is 5.32 Å². The van der Waals surface area contributed by atoms with Crippen molar-refractivity contribution in [1.29, 1.82) is 0 Å². The van der Waals surface area contributed by atoms with Crippen LogP contribution < -0.4 is 10.9 Å². The van der Waals surface area contributed by atoms with E-state index in [9.17, 15) is 4.79 Å². The van der Waals surface area contributed by atoms with Crippen LogP contribution in [0.2, 0.25) is 0 Å². The zero-order valence-corrected chi connectivity index (χ0v) is 13.0. The van der Waals surface area contributed by atoms with Crippen LogP contribution in [0.5, 0.6) is 0 Å². The molecule has 1 N–H and O–H groups in total. The Morgan fingerprint density at radius 3 is 2.86 bits per heavy atom. The summed E-state index contributed by atoms with van der Waals surface area (Å²) in [5.74, 6) is 0. The van der Waals surface area contributed by atoms with E-state index < -0.39 is 0 Å². The molecule has 1 aromatic carbocycles. The molecule has 1 unspecified atom stereocenters. The van der Waals surface area contributed by atoms with E-state index in [-0.39, 0.29) is 5.56 Å². The van der Waals surface area contributed by atoms with Crippen LogP contribution >= 0.6 is 0 Å². The van der Waals surface area contributed by atoms with Gasteiger partial charge in [0, 0.05) is 18.0 Å². The molecule has 0 radical (unpaired) electrons. The van der Waals surface area contributed by atoms with Gasteiger partial charge in [-0.3, -0.25) is 4.79 Å². The summed E-state index contributed by atoms with van der Waals surface area (Å²) in [6, 6.07) is 8.17. The minimum atomic E-state index is 0.0164. The maximum Gasteiger partial charge on any atom is 0.274 e. The van der Waals surface area contributed by atoms with Crippen molar-refractivity contribution in [2.75, 3.05) is 6.54 Å². The van der Waals surface area contributed by atoms with Crippen LogP contribution in [0.3, 0.4) is 0 Å². The summed E-state index contributed by atoms with van der Waals surface area (Å²) in [7, 11) is 0. The van der Waals surface area contributed by atoms with Gasteiger partial charge in [-0.25, -0.2) is 4.68 Å². The number of benzene rings is 1. The SMILES string of the molecule is CCCNC(CC)CCCn1ncc2ccccc2c1=O. The first-order valence-electron chi connectivity index (χ1n) is 7.94. The summed E-state index contributed by atoms with van der Waals surface area (Å²) in [6.45, 7) is 6.13. The molecule has 2 rings (SSSR count). The van der Waals surface area contributed by atoms with E-state index in [1.165, 1.54) is 0 Å². The third-order valence-corrected chi connectivity index (χ3v) is 3.86. The lowest BCUT2D eigenvalue weighted by Gasteiger charge is -2.16. The number of nitrogens with one attached hydrogen (secondary N) is 1. The predicted molar refractivity (Wildman–Crippen MR) is 87.6 cm³/mol. The monoisotopic (exact) mass is 287 g/mol. The lowest BCUT2D eigenvalue weighted by Crippen LogP contribution is -2.30. The van der Waals surface area contributed by atoms with Crippen LogP contribution in [0.4, 0.5) is 0 Å². The van der Waals surface area contributed by atoms with Crippen molar-refractivity contribution < 1.29 is 0 Å². The van der Waals surface area contributed by atoms with Gasteiger partial charge in [0.1, 0.15) is 0 Å². The Kier molecular flexibility index (Phi) is 5.93. The van der Waals surface area contributed by atoms with Crippen LogP contribution in [0.15, 0.2) is 35.3 Å². The molecule has 0 aliphatic carbocycles. The van der Waals surface area contributed by atoms with Crippen LogP contribution in [-0.2, 0) is 6.54 Å². The molecule has 1 atom stereocenters. The molecule has 0 spiro atoms. The lowest BCUT2D eigenvalue weighted by atomic mass is 10.1. The van der Waals surface area contributed by atoms with Crippen molar-refractivity contribution in [3.05, 3.63) is 40.8 Å². The summed E-state index contributed by atoms with van der Waals surface area (Å²) >= 11 is 0. The minimum Gasteiger partial charge on any atom is -0.314 e. The molecule has 0 bridgehead atoms. The number of aromatic nitrogens is 2. The van der Waals surface area contributed by atoms with Crippen LogP contribution in [0.25, 0.3) is 10.8 Å². The molecule has 4 heteroatoms. The Bertz CT molecular complexity index is 621. The summed E-state index contributed by atoms with van der Waals surface area (Å²) in [5.41, 5.74) is 0.0164. The van der Waals surface area contributed by atoms with Crippen molar-refractivity contribution >= 4 is 10.8 Å². The van der Waals surface area contributed by atoms with Crippen molar-refractivity contribution in [2.45, 2.75) is 52.1 Å². The van der Waals surface area contributed by atoms with Gasteiger partial charge in [0.2, 0.25) is 0 Å². The molecule has 114 valence electrons. The fraction of sp³-hybridized carbons (Fsp3) is 0.529. The molecule has 1 aromatic heterocycles. The zero-order chi connectivity index (χ0) is 15.1. The average molecular weight is 287 g/mol. The molecule has 0 amide bonds. The highest BCUT2D eigenvalue weighted by molar-refractivity contribution is 5.80. The Morgan fingerprint density at radius 1 is 1.29 bits per heavy atom. The number of hydrogen-bond acceptors (Lipinski definition) is 3. The molecular weight excluding hydrogens is 262 g/mol. The van der Waals surface area contributed by atoms with Crippen molar-refractivity contribution in [3.8, 4) is 0 Å².